The van der Waals surface area contributed by atoms with Gasteiger partial charge in [-0.25, -0.2) is 4.98 Å². The number of amides is 1. The Balaban J connectivity index is 1.45. The topological polar surface area (TPSA) is 103 Å². The van der Waals surface area contributed by atoms with Crippen LogP contribution in [0.5, 0.6) is 17.2 Å². The summed E-state index contributed by atoms with van der Waals surface area (Å²) in [6.07, 6.45) is 6.73. The molecule has 1 atom stereocenters. The van der Waals surface area contributed by atoms with Crippen molar-refractivity contribution in [2.75, 3.05) is 20.3 Å². The molecular weight excluding hydrogens is 582 g/mol. The number of hydrogen-bond acceptors (Lipinski definition) is 7. The maximum atomic E-state index is 13.6. The normalized spacial score (nSPS) is 15.8. The van der Waals surface area contributed by atoms with Crippen LogP contribution in [0, 0.1) is 12.8 Å². The van der Waals surface area contributed by atoms with Gasteiger partial charge in [-0.15, -0.1) is 0 Å². The van der Waals surface area contributed by atoms with Gasteiger partial charge in [0.25, 0.3) is 11.7 Å². The monoisotopic (exact) mass is 623 g/mol. The molecule has 1 aliphatic heterocycles. The fourth-order valence-corrected chi connectivity index (χ4v) is 5.48. The summed E-state index contributed by atoms with van der Waals surface area (Å²) in [5.41, 5.74) is 3.28. The van der Waals surface area contributed by atoms with Crippen molar-refractivity contribution >= 4 is 17.4 Å². The Morgan fingerprint density at radius 1 is 0.978 bits per heavy atom. The summed E-state index contributed by atoms with van der Waals surface area (Å²) in [7, 11) is 1.55. The molecule has 1 unspecified atom stereocenters. The Bertz CT molecular complexity index is 1680. The predicted octanol–water partition coefficient (Wildman–Crippen LogP) is 6.72. The van der Waals surface area contributed by atoms with Crippen molar-refractivity contribution in [3.8, 4) is 17.2 Å². The molecule has 46 heavy (non-hydrogen) atoms. The van der Waals surface area contributed by atoms with Crippen molar-refractivity contribution in [2.24, 2.45) is 5.92 Å². The largest absolute Gasteiger partial charge is 0.507 e. The van der Waals surface area contributed by atoms with Crippen LogP contribution in [0.2, 0.25) is 0 Å². The van der Waals surface area contributed by atoms with E-state index < -0.39 is 17.7 Å². The fourth-order valence-electron chi connectivity index (χ4n) is 5.48. The standard InChI is InChI=1S/C37H41N3O6/c1-25(2)16-21-45-31-15-12-28(22-32(31)44-4)34-33(36(42)37(43)40(34)19-7-18-39-20-17-38-24-39)35(41)27-10-13-30(14-11-27)46-23-29-9-6-5-8-26(29)3/h5-6,8-15,17,20,22,24-25,34,41H,7,16,18-19,21,23H2,1-4H3. The summed E-state index contributed by atoms with van der Waals surface area (Å²) < 4.78 is 19.5. The van der Waals surface area contributed by atoms with Crippen molar-refractivity contribution < 1.29 is 28.9 Å². The van der Waals surface area contributed by atoms with Gasteiger partial charge >= 0.3 is 0 Å². The fraction of sp³-hybridized carbons (Fsp3) is 0.324. The molecule has 9 heteroatoms. The Morgan fingerprint density at radius 3 is 2.46 bits per heavy atom. The van der Waals surface area contributed by atoms with Crippen molar-refractivity contribution in [2.45, 2.75) is 52.8 Å². The lowest BCUT2D eigenvalue weighted by Gasteiger charge is -2.26. The highest BCUT2D eigenvalue weighted by Crippen LogP contribution is 2.42. The number of aromatic nitrogens is 2. The molecule has 0 aliphatic carbocycles. The van der Waals surface area contributed by atoms with Gasteiger partial charge in [0.1, 0.15) is 18.1 Å². The number of imidazole rings is 1. The Hall–Kier alpha value is -5.05. The van der Waals surface area contributed by atoms with Gasteiger partial charge in [-0.05, 0) is 78.8 Å². The molecule has 1 aliphatic rings. The molecule has 0 radical (unpaired) electrons. The molecule has 9 nitrogen and oxygen atoms in total. The second-order valence-corrected chi connectivity index (χ2v) is 11.8. The molecule has 1 N–H and O–H groups in total. The highest BCUT2D eigenvalue weighted by molar-refractivity contribution is 6.46. The lowest BCUT2D eigenvalue weighted by molar-refractivity contribution is -0.139. The second-order valence-electron chi connectivity index (χ2n) is 11.8. The Kier molecular flexibility index (Phi) is 10.4. The number of rotatable bonds is 14. The van der Waals surface area contributed by atoms with Crippen molar-refractivity contribution in [3.05, 3.63) is 113 Å². The first-order valence-electron chi connectivity index (χ1n) is 15.6. The average molecular weight is 624 g/mol. The van der Waals surface area contributed by atoms with Crippen LogP contribution in [0.3, 0.4) is 0 Å². The molecular formula is C37H41N3O6. The van der Waals surface area contributed by atoms with Crippen LogP contribution in [-0.2, 0) is 22.7 Å². The summed E-state index contributed by atoms with van der Waals surface area (Å²) in [5.74, 6) is 0.524. The Labute approximate surface area is 270 Å². The van der Waals surface area contributed by atoms with Crippen molar-refractivity contribution in [3.63, 3.8) is 0 Å². The average Bonchev–Trinajstić information content (AvgIpc) is 3.67. The maximum Gasteiger partial charge on any atom is 0.295 e. The number of Topliss-reactive ketones (excluding diaryl/α,β-unsaturated/α-hetero) is 1. The van der Waals surface area contributed by atoms with Crippen LogP contribution >= 0.6 is 0 Å². The number of carbonyl (C=O) groups excluding carboxylic acids is 2. The zero-order valence-electron chi connectivity index (χ0n) is 26.8. The first kappa shape index (κ1) is 32.3. The maximum absolute atomic E-state index is 13.6. The van der Waals surface area contributed by atoms with Gasteiger partial charge < -0.3 is 28.8 Å². The summed E-state index contributed by atoms with van der Waals surface area (Å²) in [6, 6.07) is 19.5. The second kappa shape index (κ2) is 14.8. The van der Waals surface area contributed by atoms with Crippen LogP contribution in [0.4, 0.5) is 0 Å². The van der Waals surface area contributed by atoms with E-state index in [0.717, 1.165) is 17.5 Å². The number of methoxy groups -OCH3 is 1. The molecule has 0 saturated carbocycles. The van der Waals surface area contributed by atoms with Gasteiger partial charge in [-0.3, -0.25) is 9.59 Å². The van der Waals surface area contributed by atoms with E-state index in [0.29, 0.717) is 67.0 Å². The van der Waals surface area contributed by atoms with Crippen molar-refractivity contribution in [1.29, 1.82) is 0 Å². The molecule has 1 fully saturated rings. The molecule has 0 spiro atoms. The molecule has 5 rings (SSSR count). The molecule has 3 aromatic carbocycles. The number of likely N-dealkylation sites (tertiary alicyclic amines) is 1. The van der Waals surface area contributed by atoms with Gasteiger partial charge in [0, 0.05) is 31.0 Å². The predicted molar refractivity (Wildman–Crippen MR) is 176 cm³/mol. The van der Waals surface area contributed by atoms with Gasteiger partial charge in [0.05, 0.1) is 31.7 Å². The Morgan fingerprint density at radius 2 is 1.76 bits per heavy atom. The minimum Gasteiger partial charge on any atom is -0.507 e. The zero-order chi connectivity index (χ0) is 32.6. The van der Waals surface area contributed by atoms with E-state index in [1.54, 1.807) is 56.0 Å². The van der Waals surface area contributed by atoms with Crippen molar-refractivity contribution in [1.82, 2.24) is 14.5 Å². The third kappa shape index (κ3) is 7.42. The molecule has 1 amide bonds. The van der Waals surface area contributed by atoms with Gasteiger partial charge in [0.2, 0.25) is 0 Å². The smallest absolute Gasteiger partial charge is 0.295 e. The minimum atomic E-state index is -0.821. The van der Waals surface area contributed by atoms with E-state index in [1.165, 1.54) is 4.90 Å². The van der Waals surface area contributed by atoms with Gasteiger partial charge in [0.15, 0.2) is 11.5 Å². The first-order chi connectivity index (χ1) is 22.3. The third-order valence-electron chi connectivity index (χ3n) is 8.15. The summed E-state index contributed by atoms with van der Waals surface area (Å²) >= 11 is 0. The molecule has 4 aromatic rings. The summed E-state index contributed by atoms with van der Waals surface area (Å²) in [6.45, 7) is 8.15. The molecule has 1 aromatic heterocycles. The zero-order valence-corrected chi connectivity index (χ0v) is 26.8. The van der Waals surface area contributed by atoms with E-state index in [4.69, 9.17) is 14.2 Å². The number of aliphatic hydroxyl groups is 1. The van der Waals surface area contributed by atoms with Crippen LogP contribution in [0.15, 0.2) is 91.0 Å². The number of aryl methyl sites for hydroxylation is 2. The number of benzene rings is 3. The number of ether oxygens (including phenoxy) is 3. The van der Waals surface area contributed by atoms with Crippen LogP contribution in [0.25, 0.3) is 5.76 Å². The molecule has 0 bridgehead atoms. The quantitative estimate of drug-likeness (QED) is 0.0946. The number of hydrogen-bond donors (Lipinski definition) is 1. The highest BCUT2D eigenvalue weighted by atomic mass is 16.5. The molecule has 240 valence electrons. The highest BCUT2D eigenvalue weighted by Gasteiger charge is 2.46. The SMILES string of the molecule is COc1cc(C2C(=C(O)c3ccc(OCc4ccccc4C)cc3)C(=O)C(=O)N2CCCn2ccnc2)ccc1OCCC(C)C. The third-order valence-corrected chi connectivity index (χ3v) is 8.15. The lowest BCUT2D eigenvalue weighted by atomic mass is 9.95. The summed E-state index contributed by atoms with van der Waals surface area (Å²) in [4.78, 5) is 32.7. The van der Waals surface area contributed by atoms with E-state index >= 15 is 0 Å². The van der Waals surface area contributed by atoms with Crippen LogP contribution in [-0.4, -0.2) is 51.5 Å². The van der Waals surface area contributed by atoms with E-state index in [2.05, 4.69) is 18.8 Å². The number of nitrogens with zero attached hydrogens (tertiary/aromatic N) is 3. The van der Waals surface area contributed by atoms with Gasteiger partial charge in [-0.1, -0.05) is 44.2 Å². The van der Waals surface area contributed by atoms with E-state index in [1.807, 2.05) is 48.0 Å². The number of ketones is 1. The van der Waals surface area contributed by atoms with E-state index in [-0.39, 0.29) is 11.3 Å². The first-order valence-corrected chi connectivity index (χ1v) is 15.6. The van der Waals surface area contributed by atoms with Crippen LogP contribution in [0.1, 0.15) is 55.0 Å². The number of carbonyl (C=O) groups is 2. The molecule has 1 saturated heterocycles. The lowest BCUT2D eigenvalue weighted by Crippen LogP contribution is -2.31. The number of aliphatic hydroxyl groups excluding tert-OH is 1. The minimum absolute atomic E-state index is 0.0248. The van der Waals surface area contributed by atoms with Gasteiger partial charge in [-0.2, -0.15) is 0 Å². The summed E-state index contributed by atoms with van der Waals surface area (Å²) in [5, 5.41) is 11.6. The van der Waals surface area contributed by atoms with Crippen LogP contribution < -0.4 is 14.2 Å². The van der Waals surface area contributed by atoms with E-state index in [9.17, 15) is 14.7 Å². The molecule has 2 heterocycles.